The SMILES string of the molecule is CCC(O)(CNC)c1ccccc1OC. The van der Waals surface area contributed by atoms with Crippen LogP contribution in [0.5, 0.6) is 5.75 Å². The largest absolute Gasteiger partial charge is 0.496 e. The van der Waals surface area contributed by atoms with E-state index in [1.807, 2.05) is 38.2 Å². The van der Waals surface area contributed by atoms with Crippen molar-refractivity contribution in [1.82, 2.24) is 5.32 Å². The molecule has 2 N–H and O–H groups in total. The summed E-state index contributed by atoms with van der Waals surface area (Å²) in [5.74, 6) is 0.733. The fourth-order valence-corrected chi connectivity index (χ4v) is 1.73. The molecule has 0 amide bonds. The highest BCUT2D eigenvalue weighted by molar-refractivity contribution is 5.38. The van der Waals surface area contributed by atoms with Crippen LogP contribution in [0.4, 0.5) is 0 Å². The van der Waals surface area contributed by atoms with Crippen LogP contribution in [0.3, 0.4) is 0 Å². The number of ether oxygens (including phenoxy) is 1. The molecule has 1 unspecified atom stereocenters. The van der Waals surface area contributed by atoms with E-state index < -0.39 is 5.60 Å². The van der Waals surface area contributed by atoms with Gasteiger partial charge in [-0.15, -0.1) is 0 Å². The first-order chi connectivity index (χ1) is 7.18. The third-order valence-electron chi connectivity index (χ3n) is 2.66. The van der Waals surface area contributed by atoms with Gasteiger partial charge in [-0.1, -0.05) is 25.1 Å². The first-order valence-electron chi connectivity index (χ1n) is 5.18. The maximum absolute atomic E-state index is 10.5. The van der Waals surface area contributed by atoms with Gasteiger partial charge in [0.2, 0.25) is 0 Å². The molecule has 1 rings (SSSR count). The normalized spacial score (nSPS) is 14.7. The zero-order chi connectivity index (χ0) is 11.3. The summed E-state index contributed by atoms with van der Waals surface area (Å²) < 4.78 is 5.25. The fraction of sp³-hybridized carbons (Fsp3) is 0.500. The molecule has 0 fully saturated rings. The van der Waals surface area contributed by atoms with Gasteiger partial charge in [-0.25, -0.2) is 0 Å². The highest BCUT2D eigenvalue weighted by Crippen LogP contribution is 2.31. The van der Waals surface area contributed by atoms with Crippen LogP contribution in [0.25, 0.3) is 0 Å². The van der Waals surface area contributed by atoms with Gasteiger partial charge in [-0.3, -0.25) is 0 Å². The molecular formula is C12H19NO2. The minimum atomic E-state index is -0.860. The van der Waals surface area contributed by atoms with E-state index in [0.29, 0.717) is 13.0 Å². The van der Waals surface area contributed by atoms with Gasteiger partial charge >= 0.3 is 0 Å². The van der Waals surface area contributed by atoms with Gasteiger partial charge in [0, 0.05) is 12.1 Å². The molecular weight excluding hydrogens is 190 g/mol. The molecule has 0 saturated heterocycles. The average molecular weight is 209 g/mol. The Morgan fingerprint density at radius 1 is 1.40 bits per heavy atom. The van der Waals surface area contributed by atoms with E-state index in [4.69, 9.17) is 4.74 Å². The Morgan fingerprint density at radius 3 is 2.60 bits per heavy atom. The van der Waals surface area contributed by atoms with Crippen molar-refractivity contribution in [2.75, 3.05) is 20.7 Å². The first kappa shape index (κ1) is 12.0. The zero-order valence-electron chi connectivity index (χ0n) is 9.58. The summed E-state index contributed by atoms with van der Waals surface area (Å²) in [7, 11) is 3.45. The van der Waals surface area contributed by atoms with Crippen molar-refractivity contribution in [3.8, 4) is 5.75 Å². The number of benzene rings is 1. The molecule has 0 bridgehead atoms. The lowest BCUT2D eigenvalue weighted by molar-refractivity contribution is 0.0323. The molecule has 3 nitrogen and oxygen atoms in total. The molecule has 0 heterocycles. The molecule has 3 heteroatoms. The van der Waals surface area contributed by atoms with Crippen molar-refractivity contribution < 1.29 is 9.84 Å². The van der Waals surface area contributed by atoms with Crippen LogP contribution >= 0.6 is 0 Å². The average Bonchev–Trinajstić information content (AvgIpc) is 2.29. The third kappa shape index (κ3) is 2.49. The highest BCUT2D eigenvalue weighted by atomic mass is 16.5. The maximum Gasteiger partial charge on any atom is 0.124 e. The summed E-state index contributed by atoms with van der Waals surface area (Å²) in [6.45, 7) is 2.48. The van der Waals surface area contributed by atoms with Crippen molar-refractivity contribution in [1.29, 1.82) is 0 Å². The Labute approximate surface area is 91.1 Å². The predicted molar refractivity (Wildman–Crippen MR) is 61.1 cm³/mol. The Bertz CT molecular complexity index is 314. The van der Waals surface area contributed by atoms with E-state index in [1.54, 1.807) is 7.11 Å². The molecule has 1 aromatic rings. The molecule has 1 atom stereocenters. The van der Waals surface area contributed by atoms with E-state index in [-0.39, 0.29) is 0 Å². The molecule has 15 heavy (non-hydrogen) atoms. The monoisotopic (exact) mass is 209 g/mol. The molecule has 0 aliphatic carbocycles. The molecule has 0 spiro atoms. The van der Waals surface area contributed by atoms with Crippen LogP contribution in [0.1, 0.15) is 18.9 Å². The van der Waals surface area contributed by atoms with Gasteiger partial charge < -0.3 is 15.2 Å². The molecule has 0 aliphatic heterocycles. The summed E-state index contributed by atoms with van der Waals surface area (Å²) in [6.07, 6.45) is 0.647. The quantitative estimate of drug-likeness (QED) is 0.772. The van der Waals surface area contributed by atoms with Gasteiger partial charge in [0.15, 0.2) is 0 Å². The summed E-state index contributed by atoms with van der Waals surface area (Å²) in [4.78, 5) is 0. The summed E-state index contributed by atoms with van der Waals surface area (Å²) in [6, 6.07) is 7.58. The minimum Gasteiger partial charge on any atom is -0.496 e. The van der Waals surface area contributed by atoms with Gasteiger partial charge in [0.1, 0.15) is 11.4 Å². The lowest BCUT2D eigenvalue weighted by Crippen LogP contribution is -2.36. The van der Waals surface area contributed by atoms with Crippen LogP contribution in [0, 0.1) is 0 Å². The topological polar surface area (TPSA) is 41.5 Å². The second kappa shape index (κ2) is 5.14. The fourth-order valence-electron chi connectivity index (χ4n) is 1.73. The van der Waals surface area contributed by atoms with E-state index in [0.717, 1.165) is 11.3 Å². The standard InChI is InChI=1S/C12H19NO2/c1-4-12(14,9-13-2)10-7-5-6-8-11(10)15-3/h5-8,13-14H,4,9H2,1-3H3. The Morgan fingerprint density at radius 2 is 2.07 bits per heavy atom. The number of likely N-dealkylation sites (N-methyl/N-ethyl adjacent to an activating group) is 1. The summed E-state index contributed by atoms with van der Waals surface area (Å²) >= 11 is 0. The van der Waals surface area contributed by atoms with Crippen LogP contribution in [-0.4, -0.2) is 25.8 Å². The van der Waals surface area contributed by atoms with Crippen LogP contribution < -0.4 is 10.1 Å². The molecule has 0 aliphatic rings. The maximum atomic E-state index is 10.5. The molecule has 0 saturated carbocycles. The van der Waals surface area contributed by atoms with E-state index in [9.17, 15) is 5.11 Å². The van der Waals surface area contributed by atoms with Crippen molar-refractivity contribution >= 4 is 0 Å². The smallest absolute Gasteiger partial charge is 0.124 e. The number of hydrogen-bond donors (Lipinski definition) is 2. The van der Waals surface area contributed by atoms with Crippen LogP contribution in [0.2, 0.25) is 0 Å². The molecule has 1 aromatic carbocycles. The van der Waals surface area contributed by atoms with E-state index in [2.05, 4.69) is 5.32 Å². The van der Waals surface area contributed by atoms with Crippen molar-refractivity contribution in [3.05, 3.63) is 29.8 Å². The Hall–Kier alpha value is -1.06. The summed E-state index contributed by atoms with van der Waals surface area (Å²) in [5.41, 5.74) is -0.0224. The van der Waals surface area contributed by atoms with Gasteiger partial charge in [-0.2, -0.15) is 0 Å². The molecule has 84 valence electrons. The van der Waals surface area contributed by atoms with Crippen molar-refractivity contribution in [2.45, 2.75) is 18.9 Å². The van der Waals surface area contributed by atoms with E-state index in [1.165, 1.54) is 0 Å². The lowest BCUT2D eigenvalue weighted by atomic mass is 9.90. The first-order valence-corrected chi connectivity index (χ1v) is 5.18. The van der Waals surface area contributed by atoms with Gasteiger partial charge in [0.25, 0.3) is 0 Å². The van der Waals surface area contributed by atoms with E-state index >= 15 is 0 Å². The second-order valence-corrected chi connectivity index (χ2v) is 3.62. The van der Waals surface area contributed by atoms with Crippen LogP contribution in [-0.2, 0) is 5.60 Å². The number of rotatable bonds is 5. The number of hydrogen-bond acceptors (Lipinski definition) is 3. The lowest BCUT2D eigenvalue weighted by Gasteiger charge is -2.28. The highest BCUT2D eigenvalue weighted by Gasteiger charge is 2.29. The number of para-hydroxylation sites is 1. The predicted octanol–water partition coefficient (Wildman–Crippen LogP) is 1.51. The van der Waals surface area contributed by atoms with Gasteiger partial charge in [-0.05, 0) is 19.5 Å². The number of aliphatic hydroxyl groups is 1. The third-order valence-corrected chi connectivity index (χ3v) is 2.66. The number of nitrogens with one attached hydrogen (secondary N) is 1. The van der Waals surface area contributed by atoms with Crippen molar-refractivity contribution in [2.24, 2.45) is 0 Å². The molecule has 0 aromatic heterocycles. The minimum absolute atomic E-state index is 0.518. The second-order valence-electron chi connectivity index (χ2n) is 3.62. The zero-order valence-corrected chi connectivity index (χ0v) is 9.58. The van der Waals surface area contributed by atoms with Gasteiger partial charge in [0.05, 0.1) is 7.11 Å². The molecule has 0 radical (unpaired) electrons. The Kier molecular flexibility index (Phi) is 4.12. The summed E-state index contributed by atoms with van der Waals surface area (Å²) in [5, 5.41) is 13.5. The van der Waals surface area contributed by atoms with Crippen molar-refractivity contribution in [3.63, 3.8) is 0 Å². The Balaban J connectivity index is 3.10. The number of methoxy groups -OCH3 is 1. The van der Waals surface area contributed by atoms with Crippen LogP contribution in [0.15, 0.2) is 24.3 Å².